The Morgan fingerprint density at radius 1 is 1.47 bits per heavy atom. The van der Waals surface area contributed by atoms with Crippen LogP contribution in [0.1, 0.15) is 38.2 Å². The second kappa shape index (κ2) is 5.55. The molecule has 1 amide bonds. The smallest absolute Gasteiger partial charge is 0.266 e. The summed E-state index contributed by atoms with van der Waals surface area (Å²) in [5, 5.41) is 14.7. The number of carbonyl (C=O) groups excluding carboxylic acids is 1. The molecule has 98 valence electrons. The summed E-state index contributed by atoms with van der Waals surface area (Å²) in [7, 11) is 0. The molecule has 0 unspecified atom stereocenters. The third-order valence-corrected chi connectivity index (χ3v) is 5.05. The van der Waals surface area contributed by atoms with Gasteiger partial charge in [0.15, 0.2) is 0 Å². The minimum Gasteiger partial charge on any atom is -0.312 e. The van der Waals surface area contributed by atoms with Gasteiger partial charge in [0.1, 0.15) is 11.1 Å². The molecule has 0 aliphatic rings. The zero-order valence-electron chi connectivity index (χ0n) is 11.0. The molecule has 0 aliphatic carbocycles. The molecule has 2 aromatic heterocycles. The summed E-state index contributed by atoms with van der Waals surface area (Å²) in [6.45, 7) is 5.91. The van der Waals surface area contributed by atoms with Crippen LogP contribution in [-0.2, 0) is 6.42 Å². The Morgan fingerprint density at radius 3 is 2.74 bits per heavy atom. The molecule has 0 aliphatic heterocycles. The molecular weight excluding hydrogens is 276 g/mol. The van der Waals surface area contributed by atoms with Gasteiger partial charge in [0.25, 0.3) is 5.91 Å². The van der Waals surface area contributed by atoms with E-state index in [4.69, 9.17) is 0 Å². The van der Waals surface area contributed by atoms with E-state index in [1.165, 1.54) is 22.7 Å². The first-order chi connectivity index (χ1) is 9.08. The molecule has 1 N–H and O–H groups in total. The zero-order valence-corrected chi connectivity index (χ0v) is 12.7. The lowest BCUT2D eigenvalue weighted by Gasteiger charge is -2.02. The highest BCUT2D eigenvalue weighted by atomic mass is 32.1. The lowest BCUT2D eigenvalue weighted by atomic mass is 10.1. The van der Waals surface area contributed by atoms with Crippen LogP contribution in [0.15, 0.2) is 11.4 Å². The van der Waals surface area contributed by atoms with Crippen molar-refractivity contribution in [3.8, 4) is 6.07 Å². The Kier molecular flexibility index (Phi) is 4.03. The summed E-state index contributed by atoms with van der Waals surface area (Å²) < 4.78 is 0. The lowest BCUT2D eigenvalue weighted by Crippen LogP contribution is -2.11. The Labute approximate surface area is 120 Å². The summed E-state index contributed by atoms with van der Waals surface area (Å²) in [4.78, 5) is 14.0. The summed E-state index contributed by atoms with van der Waals surface area (Å²) >= 11 is 2.89. The first-order valence-corrected chi connectivity index (χ1v) is 7.65. The highest BCUT2D eigenvalue weighted by molar-refractivity contribution is 7.17. The van der Waals surface area contributed by atoms with Gasteiger partial charge in [-0.2, -0.15) is 5.26 Å². The van der Waals surface area contributed by atoms with E-state index in [2.05, 4.69) is 11.4 Å². The first-order valence-electron chi connectivity index (χ1n) is 5.96. The van der Waals surface area contributed by atoms with E-state index < -0.39 is 0 Å². The number of nitrogens with zero attached hydrogens (tertiary/aromatic N) is 1. The average Bonchev–Trinajstić information content (AvgIpc) is 2.92. The predicted molar refractivity (Wildman–Crippen MR) is 80.2 cm³/mol. The van der Waals surface area contributed by atoms with Crippen molar-refractivity contribution in [3.63, 3.8) is 0 Å². The van der Waals surface area contributed by atoms with Crippen LogP contribution in [0.25, 0.3) is 0 Å². The molecule has 0 spiro atoms. The largest absolute Gasteiger partial charge is 0.312 e. The number of nitrogens with one attached hydrogen (secondary N) is 1. The van der Waals surface area contributed by atoms with Gasteiger partial charge in [0, 0.05) is 4.88 Å². The van der Waals surface area contributed by atoms with Crippen LogP contribution in [0, 0.1) is 25.2 Å². The molecule has 19 heavy (non-hydrogen) atoms. The van der Waals surface area contributed by atoms with Crippen molar-refractivity contribution in [1.82, 2.24) is 0 Å². The Morgan fingerprint density at radius 2 is 2.21 bits per heavy atom. The first kappa shape index (κ1) is 13.8. The van der Waals surface area contributed by atoms with Crippen molar-refractivity contribution in [2.45, 2.75) is 27.2 Å². The topological polar surface area (TPSA) is 52.9 Å². The van der Waals surface area contributed by atoms with E-state index in [0.717, 1.165) is 22.4 Å². The average molecular weight is 290 g/mol. The summed E-state index contributed by atoms with van der Waals surface area (Å²) in [6.07, 6.45) is 0.805. The van der Waals surface area contributed by atoms with E-state index in [-0.39, 0.29) is 5.91 Å². The van der Waals surface area contributed by atoms with Gasteiger partial charge in [-0.05, 0) is 42.8 Å². The van der Waals surface area contributed by atoms with Crippen LogP contribution < -0.4 is 5.32 Å². The normalized spacial score (nSPS) is 10.2. The van der Waals surface area contributed by atoms with E-state index in [0.29, 0.717) is 15.4 Å². The van der Waals surface area contributed by atoms with Crippen LogP contribution in [0.3, 0.4) is 0 Å². The van der Waals surface area contributed by atoms with Crippen LogP contribution in [0.2, 0.25) is 0 Å². The SMILES string of the molecule is CCc1c(C)sc(NC(=O)c2sccc2C)c1C#N. The molecule has 2 heterocycles. The third-order valence-electron chi connectivity index (χ3n) is 2.97. The quantitative estimate of drug-likeness (QED) is 0.924. The highest BCUT2D eigenvalue weighted by Gasteiger charge is 2.18. The molecule has 0 radical (unpaired) electrons. The predicted octanol–water partition coefficient (Wildman–Crippen LogP) is 4.11. The maximum Gasteiger partial charge on any atom is 0.266 e. The van der Waals surface area contributed by atoms with E-state index in [9.17, 15) is 10.1 Å². The maximum absolute atomic E-state index is 12.2. The van der Waals surface area contributed by atoms with Crippen molar-refractivity contribution in [2.75, 3.05) is 5.32 Å². The molecule has 0 saturated heterocycles. The number of rotatable bonds is 3. The molecule has 0 atom stereocenters. The van der Waals surface area contributed by atoms with E-state index >= 15 is 0 Å². The van der Waals surface area contributed by atoms with E-state index in [1.54, 1.807) is 0 Å². The van der Waals surface area contributed by atoms with Gasteiger partial charge in [0.05, 0.1) is 10.4 Å². The second-order valence-corrected chi connectivity index (χ2v) is 6.33. The number of aryl methyl sites for hydroxylation is 2. The van der Waals surface area contributed by atoms with Gasteiger partial charge < -0.3 is 5.32 Å². The monoisotopic (exact) mass is 290 g/mol. The summed E-state index contributed by atoms with van der Waals surface area (Å²) in [6, 6.07) is 4.12. The molecule has 3 nitrogen and oxygen atoms in total. The van der Waals surface area contributed by atoms with Gasteiger partial charge >= 0.3 is 0 Å². The molecule has 0 fully saturated rings. The second-order valence-electron chi connectivity index (χ2n) is 4.19. The van der Waals surface area contributed by atoms with Crippen LogP contribution >= 0.6 is 22.7 Å². The number of amides is 1. The van der Waals surface area contributed by atoms with Crippen molar-refractivity contribution in [3.05, 3.63) is 37.9 Å². The Bertz CT molecular complexity index is 662. The lowest BCUT2D eigenvalue weighted by molar-refractivity contribution is 0.103. The number of nitriles is 1. The van der Waals surface area contributed by atoms with Crippen LogP contribution in [-0.4, -0.2) is 5.91 Å². The molecule has 0 aromatic carbocycles. The number of hydrogen-bond acceptors (Lipinski definition) is 4. The van der Waals surface area contributed by atoms with Crippen molar-refractivity contribution < 1.29 is 4.79 Å². The van der Waals surface area contributed by atoms with Crippen molar-refractivity contribution in [2.24, 2.45) is 0 Å². The molecule has 2 aromatic rings. The fourth-order valence-electron chi connectivity index (χ4n) is 1.98. The van der Waals surface area contributed by atoms with E-state index in [1.807, 2.05) is 32.2 Å². The summed E-state index contributed by atoms with van der Waals surface area (Å²) in [5.41, 5.74) is 2.60. The zero-order chi connectivity index (χ0) is 14.0. The fourth-order valence-corrected chi connectivity index (χ4v) is 3.89. The third kappa shape index (κ3) is 2.55. The van der Waals surface area contributed by atoms with Gasteiger partial charge in [0.2, 0.25) is 0 Å². The van der Waals surface area contributed by atoms with Crippen LogP contribution in [0.4, 0.5) is 5.00 Å². The number of hydrogen-bond donors (Lipinski definition) is 1. The Balaban J connectivity index is 2.33. The minimum atomic E-state index is -0.132. The maximum atomic E-state index is 12.2. The van der Waals surface area contributed by atoms with Gasteiger partial charge in [-0.25, -0.2) is 0 Å². The van der Waals surface area contributed by atoms with Gasteiger partial charge in [-0.1, -0.05) is 6.92 Å². The number of carbonyl (C=O) groups is 1. The van der Waals surface area contributed by atoms with Gasteiger partial charge in [-0.3, -0.25) is 4.79 Å². The van der Waals surface area contributed by atoms with Gasteiger partial charge in [-0.15, -0.1) is 22.7 Å². The standard InChI is InChI=1S/C14H14N2OS2/c1-4-10-9(3)19-14(11(10)7-15)16-13(17)12-8(2)5-6-18-12/h5-6H,4H2,1-3H3,(H,16,17). The molecule has 0 saturated carbocycles. The molecule has 0 bridgehead atoms. The highest BCUT2D eigenvalue weighted by Crippen LogP contribution is 2.33. The fraction of sp³-hybridized carbons (Fsp3) is 0.286. The van der Waals surface area contributed by atoms with Crippen molar-refractivity contribution in [1.29, 1.82) is 5.26 Å². The molecule has 2 rings (SSSR count). The minimum absolute atomic E-state index is 0.132. The van der Waals surface area contributed by atoms with Crippen LogP contribution in [0.5, 0.6) is 0 Å². The molecule has 5 heteroatoms. The van der Waals surface area contributed by atoms with Crippen molar-refractivity contribution >= 4 is 33.6 Å². The Hall–Kier alpha value is -1.64. The summed E-state index contributed by atoms with van der Waals surface area (Å²) in [5.74, 6) is -0.132. The number of thiophene rings is 2. The number of anilines is 1. The molecular formula is C14H14N2OS2.